The summed E-state index contributed by atoms with van der Waals surface area (Å²) in [4.78, 5) is 17.1. The van der Waals surface area contributed by atoms with Crippen molar-refractivity contribution in [3.63, 3.8) is 0 Å². The monoisotopic (exact) mass is 547 g/mol. The van der Waals surface area contributed by atoms with Crippen LogP contribution >= 0.6 is 0 Å². The van der Waals surface area contributed by atoms with E-state index < -0.39 is 29.4 Å². The molecule has 2 saturated heterocycles. The number of nitrogens with two attached hydrogens (primary N) is 1. The van der Waals surface area contributed by atoms with Crippen molar-refractivity contribution in [3.8, 4) is 5.75 Å². The van der Waals surface area contributed by atoms with Crippen LogP contribution in [0, 0.1) is 23.4 Å². The van der Waals surface area contributed by atoms with Gasteiger partial charge in [0.05, 0.1) is 18.5 Å². The van der Waals surface area contributed by atoms with Crippen LogP contribution in [0.5, 0.6) is 5.75 Å². The highest BCUT2D eigenvalue weighted by molar-refractivity contribution is 5.39. The van der Waals surface area contributed by atoms with E-state index in [-0.39, 0.29) is 18.2 Å². The van der Waals surface area contributed by atoms with Gasteiger partial charge in [-0.2, -0.15) is 4.98 Å². The fourth-order valence-corrected chi connectivity index (χ4v) is 5.17. The van der Waals surface area contributed by atoms with Crippen LogP contribution in [-0.2, 0) is 11.3 Å². The van der Waals surface area contributed by atoms with Gasteiger partial charge < -0.3 is 29.5 Å². The van der Waals surface area contributed by atoms with Gasteiger partial charge in [-0.3, -0.25) is 0 Å². The molecule has 0 saturated carbocycles. The number of nitrogens with zero attached hydrogens (tertiary/aromatic N) is 6. The van der Waals surface area contributed by atoms with E-state index in [1.807, 2.05) is 13.8 Å². The first-order valence-electron chi connectivity index (χ1n) is 13.1. The SMILES string of the molecule is CCOCc1noc(N2CCC([C@H](C)Oc3cnc(N4C[C@H](c5cc(F)c(F)cc5F)[C@@H](N)C4)nc3)CC2)n1. The van der Waals surface area contributed by atoms with Crippen LogP contribution in [0.1, 0.15) is 44.0 Å². The van der Waals surface area contributed by atoms with Crippen LogP contribution in [0.2, 0.25) is 0 Å². The quantitative estimate of drug-likeness (QED) is 0.400. The second kappa shape index (κ2) is 11.7. The van der Waals surface area contributed by atoms with E-state index in [9.17, 15) is 13.2 Å². The highest BCUT2D eigenvalue weighted by atomic mass is 19.2. The molecule has 5 rings (SSSR count). The first-order valence-corrected chi connectivity index (χ1v) is 13.1. The number of benzene rings is 1. The van der Waals surface area contributed by atoms with E-state index >= 15 is 0 Å². The first-order chi connectivity index (χ1) is 18.8. The van der Waals surface area contributed by atoms with Gasteiger partial charge in [0.2, 0.25) is 5.95 Å². The first kappa shape index (κ1) is 27.1. The van der Waals surface area contributed by atoms with Gasteiger partial charge in [-0.25, -0.2) is 23.1 Å². The maximum Gasteiger partial charge on any atom is 0.324 e. The van der Waals surface area contributed by atoms with Gasteiger partial charge in [-0.1, -0.05) is 5.16 Å². The molecule has 2 fully saturated rings. The summed E-state index contributed by atoms with van der Waals surface area (Å²) in [6.45, 7) is 7.06. The van der Waals surface area contributed by atoms with Crippen molar-refractivity contribution >= 4 is 12.0 Å². The lowest BCUT2D eigenvalue weighted by Gasteiger charge is -2.33. The third-order valence-electron chi connectivity index (χ3n) is 7.39. The molecule has 39 heavy (non-hydrogen) atoms. The normalized spacial score (nSPS) is 21.0. The lowest BCUT2D eigenvalue weighted by atomic mass is 9.92. The van der Waals surface area contributed by atoms with Gasteiger partial charge in [0.15, 0.2) is 23.2 Å². The molecule has 0 unspecified atom stereocenters. The highest BCUT2D eigenvalue weighted by Crippen LogP contribution is 2.32. The molecule has 4 heterocycles. The zero-order valence-electron chi connectivity index (χ0n) is 21.9. The summed E-state index contributed by atoms with van der Waals surface area (Å²) in [7, 11) is 0. The third-order valence-corrected chi connectivity index (χ3v) is 7.39. The number of rotatable bonds is 9. The zero-order chi connectivity index (χ0) is 27.5. The van der Waals surface area contributed by atoms with Crippen LogP contribution in [-0.4, -0.2) is 65.0 Å². The Morgan fingerprint density at radius 1 is 1.05 bits per heavy atom. The standard InChI is InChI=1S/C26H32F3N7O3/c1-3-37-14-24-33-26(39-34-24)35-6-4-16(5-7-35)15(2)38-17-10-31-25(32-11-17)36-12-19(23(30)13-36)18-8-21(28)22(29)9-20(18)27/h8-11,15-16,19,23H,3-7,12-14,30H2,1-2H3/t15-,19+,23-/m0/s1. The summed E-state index contributed by atoms with van der Waals surface area (Å²) < 4.78 is 58.2. The zero-order valence-corrected chi connectivity index (χ0v) is 21.9. The van der Waals surface area contributed by atoms with E-state index in [0.29, 0.717) is 55.3 Å². The Kier molecular flexibility index (Phi) is 8.17. The molecule has 2 N–H and O–H groups in total. The Balaban J connectivity index is 1.13. The van der Waals surface area contributed by atoms with E-state index in [1.54, 1.807) is 17.3 Å². The predicted molar refractivity (Wildman–Crippen MR) is 136 cm³/mol. The topological polar surface area (TPSA) is 116 Å². The number of piperidine rings is 1. The summed E-state index contributed by atoms with van der Waals surface area (Å²) in [5.41, 5.74) is 6.26. The minimum Gasteiger partial charge on any atom is -0.487 e. The second-order valence-corrected chi connectivity index (χ2v) is 9.96. The molecule has 2 aliphatic rings. The van der Waals surface area contributed by atoms with Crippen LogP contribution < -0.4 is 20.3 Å². The smallest absolute Gasteiger partial charge is 0.324 e. The van der Waals surface area contributed by atoms with Gasteiger partial charge in [0.1, 0.15) is 12.4 Å². The highest BCUT2D eigenvalue weighted by Gasteiger charge is 2.35. The fraction of sp³-hybridized carbons (Fsp3) is 0.538. The van der Waals surface area contributed by atoms with Crippen molar-refractivity contribution in [2.75, 3.05) is 42.6 Å². The van der Waals surface area contributed by atoms with Crippen molar-refractivity contribution in [3.05, 3.63) is 53.4 Å². The van der Waals surface area contributed by atoms with E-state index in [0.717, 1.165) is 32.0 Å². The molecule has 210 valence electrons. The maximum absolute atomic E-state index is 14.3. The molecule has 0 amide bonds. The molecular formula is C26H32F3N7O3. The number of aromatic nitrogens is 4. The van der Waals surface area contributed by atoms with Gasteiger partial charge in [0.25, 0.3) is 0 Å². The number of hydrogen-bond donors (Lipinski definition) is 1. The Morgan fingerprint density at radius 2 is 1.77 bits per heavy atom. The summed E-state index contributed by atoms with van der Waals surface area (Å²) >= 11 is 0. The average Bonchev–Trinajstić information content (AvgIpc) is 3.57. The molecule has 1 aromatic carbocycles. The van der Waals surface area contributed by atoms with Crippen molar-refractivity contribution in [2.24, 2.45) is 11.7 Å². The number of ether oxygens (including phenoxy) is 2. The summed E-state index contributed by atoms with van der Waals surface area (Å²) in [5, 5.41) is 3.96. The molecule has 3 aromatic rings. The van der Waals surface area contributed by atoms with Crippen LogP contribution in [0.25, 0.3) is 0 Å². The molecule has 0 bridgehead atoms. The number of halogens is 3. The molecule has 2 aliphatic heterocycles. The molecule has 0 radical (unpaired) electrons. The molecule has 0 aliphatic carbocycles. The largest absolute Gasteiger partial charge is 0.487 e. The van der Waals surface area contributed by atoms with Crippen molar-refractivity contribution in [2.45, 2.75) is 51.4 Å². The molecule has 13 heteroatoms. The summed E-state index contributed by atoms with van der Waals surface area (Å²) in [6, 6.07) is 1.46. The second-order valence-electron chi connectivity index (χ2n) is 9.96. The molecule has 2 aromatic heterocycles. The van der Waals surface area contributed by atoms with Crippen molar-refractivity contribution in [1.29, 1.82) is 0 Å². The summed E-state index contributed by atoms with van der Waals surface area (Å²) in [5.74, 6) is -1.84. The Hall–Kier alpha value is -3.45. The molecule has 0 spiro atoms. The number of hydrogen-bond acceptors (Lipinski definition) is 10. The molecule has 10 nitrogen and oxygen atoms in total. The Morgan fingerprint density at radius 3 is 2.49 bits per heavy atom. The van der Waals surface area contributed by atoms with Crippen LogP contribution in [0.3, 0.4) is 0 Å². The Labute approximate surface area is 224 Å². The van der Waals surface area contributed by atoms with Gasteiger partial charge >= 0.3 is 6.01 Å². The fourth-order valence-electron chi connectivity index (χ4n) is 5.17. The van der Waals surface area contributed by atoms with Crippen molar-refractivity contribution in [1.82, 2.24) is 20.1 Å². The predicted octanol–water partition coefficient (Wildman–Crippen LogP) is 3.43. The average molecular weight is 548 g/mol. The van der Waals surface area contributed by atoms with E-state index in [1.165, 1.54) is 0 Å². The van der Waals surface area contributed by atoms with Crippen LogP contribution in [0.4, 0.5) is 25.1 Å². The van der Waals surface area contributed by atoms with Crippen LogP contribution in [0.15, 0.2) is 29.0 Å². The lowest BCUT2D eigenvalue weighted by molar-refractivity contribution is 0.126. The van der Waals surface area contributed by atoms with Gasteiger partial charge in [0, 0.05) is 50.8 Å². The Bertz CT molecular complexity index is 1250. The van der Waals surface area contributed by atoms with Gasteiger partial charge in [-0.15, -0.1) is 0 Å². The summed E-state index contributed by atoms with van der Waals surface area (Å²) in [6.07, 6.45) is 4.94. The molecule has 3 atom stereocenters. The number of anilines is 2. The van der Waals surface area contributed by atoms with E-state index in [4.69, 9.17) is 19.7 Å². The van der Waals surface area contributed by atoms with Crippen molar-refractivity contribution < 1.29 is 27.2 Å². The molecular weight excluding hydrogens is 515 g/mol. The third kappa shape index (κ3) is 6.09. The van der Waals surface area contributed by atoms with Gasteiger partial charge in [-0.05, 0) is 44.2 Å². The van der Waals surface area contributed by atoms with E-state index in [2.05, 4.69) is 25.0 Å². The minimum atomic E-state index is -1.22. The lowest BCUT2D eigenvalue weighted by Crippen LogP contribution is -2.38. The minimum absolute atomic E-state index is 0.0498. The maximum atomic E-state index is 14.3.